The first-order valence-electron chi connectivity index (χ1n) is 13.4. The van der Waals surface area contributed by atoms with E-state index < -0.39 is 0 Å². The van der Waals surface area contributed by atoms with E-state index in [4.69, 9.17) is 14.9 Å². The number of rotatable bonds is 13. The maximum absolute atomic E-state index is 10.2. The van der Waals surface area contributed by atoms with Crippen molar-refractivity contribution < 1.29 is 34.0 Å². The molecular formula is C34H64O7. The van der Waals surface area contributed by atoms with Crippen LogP contribution in [0.1, 0.15) is 60.8 Å². The van der Waals surface area contributed by atoms with E-state index in [2.05, 4.69) is 69.7 Å². The lowest BCUT2D eigenvalue weighted by atomic mass is 10.5. The molecule has 0 aliphatic rings. The molecule has 0 fully saturated rings. The highest BCUT2D eigenvalue weighted by Gasteiger charge is 1.86. The van der Waals surface area contributed by atoms with Gasteiger partial charge in [0.15, 0.2) is 0 Å². The average Bonchev–Trinajstić information content (AvgIpc) is 2.97. The molecule has 41 heavy (non-hydrogen) atoms. The van der Waals surface area contributed by atoms with Crippen molar-refractivity contribution in [1.29, 1.82) is 0 Å². The van der Waals surface area contributed by atoms with E-state index in [0.29, 0.717) is 19.5 Å². The van der Waals surface area contributed by atoms with Gasteiger partial charge in [0.05, 0.1) is 26.4 Å². The monoisotopic (exact) mass is 584 g/mol. The number of allylic oxidation sites excluding steroid dienone is 5. The minimum atomic E-state index is -0.312. The largest absolute Gasteiger partial charge is 0.462 e. The zero-order chi connectivity index (χ0) is 33.8. The lowest BCUT2D eigenvalue weighted by Gasteiger charge is -1.94. The van der Waals surface area contributed by atoms with Crippen LogP contribution >= 0.6 is 0 Å². The van der Waals surface area contributed by atoms with Gasteiger partial charge in [0.2, 0.25) is 0 Å². The highest BCUT2D eigenvalue weighted by Crippen LogP contribution is 1.80. The molecule has 0 spiro atoms. The third kappa shape index (κ3) is 233. The van der Waals surface area contributed by atoms with Crippen LogP contribution in [-0.4, -0.2) is 69.2 Å². The van der Waals surface area contributed by atoms with Gasteiger partial charge < -0.3 is 29.2 Å². The van der Waals surface area contributed by atoms with Gasteiger partial charge in [0, 0.05) is 14.0 Å². The van der Waals surface area contributed by atoms with Crippen molar-refractivity contribution in [2.45, 2.75) is 60.8 Å². The van der Waals surface area contributed by atoms with E-state index in [-0.39, 0.29) is 32.4 Å². The molecule has 0 aromatic carbocycles. The van der Waals surface area contributed by atoms with E-state index in [9.17, 15) is 9.59 Å². The van der Waals surface area contributed by atoms with Crippen molar-refractivity contribution in [2.75, 3.05) is 46.8 Å². The second kappa shape index (κ2) is 90.7. The van der Waals surface area contributed by atoms with Crippen molar-refractivity contribution in [3.63, 3.8) is 0 Å². The van der Waals surface area contributed by atoms with Gasteiger partial charge in [-0.05, 0) is 39.2 Å². The summed E-state index contributed by atoms with van der Waals surface area (Å²) in [7, 11) is 1.64. The van der Waals surface area contributed by atoms with Gasteiger partial charge in [0.25, 0.3) is 0 Å². The Morgan fingerprint density at radius 1 is 0.659 bits per heavy atom. The van der Waals surface area contributed by atoms with Crippen LogP contribution in [0.15, 0.2) is 100 Å². The lowest BCUT2D eigenvalue weighted by Crippen LogP contribution is -1.98. The van der Waals surface area contributed by atoms with Gasteiger partial charge in [-0.15, -0.1) is 39.5 Å². The number of carbonyl (C=O) groups excluding carboxylic acids is 2. The summed E-state index contributed by atoms with van der Waals surface area (Å²) in [5, 5.41) is 16.0. The van der Waals surface area contributed by atoms with Crippen molar-refractivity contribution >= 4 is 12.3 Å². The summed E-state index contributed by atoms with van der Waals surface area (Å²) in [6.07, 6.45) is 21.1. The minimum absolute atomic E-state index is 0.0144. The summed E-state index contributed by atoms with van der Waals surface area (Å²) in [6.45, 7) is 33.3. The lowest BCUT2D eigenvalue weighted by molar-refractivity contribution is -0.139. The molecule has 0 radical (unpaired) electrons. The van der Waals surface area contributed by atoms with E-state index in [1.165, 1.54) is 19.1 Å². The highest BCUT2D eigenvalue weighted by atomic mass is 16.5. The zero-order valence-corrected chi connectivity index (χ0v) is 27.4. The Hall–Kier alpha value is -3.10. The zero-order valence-electron chi connectivity index (χ0n) is 27.4. The van der Waals surface area contributed by atoms with Crippen LogP contribution in [0.25, 0.3) is 0 Å². The number of ether oxygens (including phenoxy) is 3. The van der Waals surface area contributed by atoms with Gasteiger partial charge in [-0.1, -0.05) is 75.5 Å². The van der Waals surface area contributed by atoms with Gasteiger partial charge in [0.1, 0.15) is 19.5 Å². The number of aliphatic hydroxyl groups excluding tert-OH is 2. The van der Waals surface area contributed by atoms with Crippen molar-refractivity contribution in [1.82, 2.24) is 0 Å². The average molecular weight is 585 g/mol. The van der Waals surface area contributed by atoms with Crippen LogP contribution in [-0.2, 0) is 23.8 Å². The molecule has 0 saturated heterocycles. The van der Waals surface area contributed by atoms with Crippen molar-refractivity contribution in [3.8, 4) is 0 Å². The third-order valence-corrected chi connectivity index (χ3v) is 2.48. The predicted molar refractivity (Wildman–Crippen MR) is 181 cm³/mol. The highest BCUT2D eigenvalue weighted by molar-refractivity contribution is 5.65. The first kappa shape index (κ1) is 57.7. The topological polar surface area (TPSA) is 102 Å². The molecule has 0 rings (SSSR count). The van der Waals surface area contributed by atoms with Crippen LogP contribution in [0, 0.1) is 0 Å². The molecule has 0 saturated carbocycles. The summed E-state index contributed by atoms with van der Waals surface area (Å²) < 4.78 is 14.0. The standard InChI is InChI=1S/C8H12O4.C4H8O2.C4H8O.3C4H8.2C3H6/c1-8(10)12-6-3-2-5-11-7-4-9;5-3-1-2-4-6;1-3-4-5-2;3*1-3-4-2;2*1-3-2/h2-4H,5-7H2,1H3;1-2,5-6H,3-4H2;3H,1,4H2,2H3;3*3H,1,4H2,2H3;2*3H,1H2,2H3/b3-2+;2-1+;;;;;;. The molecule has 7 heteroatoms. The van der Waals surface area contributed by atoms with Crippen molar-refractivity contribution in [3.05, 3.63) is 100 Å². The number of hydrogen-bond donors (Lipinski definition) is 2. The fraction of sp³-hybridized carbons (Fsp3) is 0.471. The first-order chi connectivity index (χ1) is 19.7. The SMILES string of the molecule is C=CC.C=CC.C=CCC.C=CCC.C=CCC.C=CCOC.CC(=O)OC/C=C/COCC=O.OC/C=C/CO. The van der Waals surface area contributed by atoms with E-state index in [1.807, 2.05) is 32.1 Å². The summed E-state index contributed by atoms with van der Waals surface area (Å²) >= 11 is 0. The smallest absolute Gasteiger partial charge is 0.302 e. The Labute approximate surface area is 254 Å². The van der Waals surface area contributed by atoms with Gasteiger partial charge >= 0.3 is 5.97 Å². The Bertz CT molecular complexity index is 520. The van der Waals surface area contributed by atoms with Gasteiger partial charge in [-0.3, -0.25) is 4.79 Å². The predicted octanol–water partition coefficient (Wildman–Crippen LogP) is 7.80. The Morgan fingerprint density at radius 3 is 1.20 bits per heavy atom. The number of methoxy groups -OCH3 is 1. The van der Waals surface area contributed by atoms with Gasteiger partial charge in [-0.25, -0.2) is 0 Å². The van der Waals surface area contributed by atoms with Crippen LogP contribution in [0.5, 0.6) is 0 Å². The summed E-state index contributed by atoms with van der Waals surface area (Å²) in [4.78, 5) is 20.0. The van der Waals surface area contributed by atoms with Crippen LogP contribution < -0.4 is 0 Å². The van der Waals surface area contributed by atoms with Crippen LogP contribution in [0.2, 0.25) is 0 Å². The molecule has 0 heterocycles. The molecule has 0 bridgehead atoms. The van der Waals surface area contributed by atoms with E-state index in [1.54, 1.807) is 37.5 Å². The molecule has 0 atom stereocenters. The summed E-state index contributed by atoms with van der Waals surface area (Å²) in [6, 6.07) is 0. The third-order valence-electron chi connectivity index (χ3n) is 2.48. The van der Waals surface area contributed by atoms with E-state index in [0.717, 1.165) is 19.3 Å². The minimum Gasteiger partial charge on any atom is -0.462 e. The number of aldehydes is 1. The molecule has 7 nitrogen and oxygen atoms in total. The quantitative estimate of drug-likeness (QED) is 0.0985. The summed E-state index contributed by atoms with van der Waals surface area (Å²) in [5.41, 5.74) is 0. The van der Waals surface area contributed by atoms with Crippen molar-refractivity contribution in [2.24, 2.45) is 0 Å². The molecular weight excluding hydrogens is 520 g/mol. The van der Waals surface area contributed by atoms with Crippen LogP contribution in [0.4, 0.5) is 0 Å². The maximum Gasteiger partial charge on any atom is 0.302 e. The number of hydrogen-bond acceptors (Lipinski definition) is 7. The molecule has 2 N–H and O–H groups in total. The first-order valence-corrected chi connectivity index (χ1v) is 13.4. The normalized spacial score (nSPS) is 7.83. The van der Waals surface area contributed by atoms with Crippen LogP contribution in [0.3, 0.4) is 0 Å². The fourth-order valence-electron chi connectivity index (χ4n) is 0.753. The van der Waals surface area contributed by atoms with E-state index >= 15 is 0 Å². The molecule has 0 aromatic heterocycles. The maximum atomic E-state index is 10.2. The Balaban J connectivity index is -0.0000000540. The molecule has 0 aliphatic carbocycles. The van der Waals surface area contributed by atoms with Gasteiger partial charge in [-0.2, -0.15) is 0 Å². The molecule has 242 valence electrons. The fourth-order valence-corrected chi connectivity index (χ4v) is 0.753. The number of aliphatic hydroxyl groups is 2. The Morgan fingerprint density at radius 2 is 1.00 bits per heavy atom. The second-order valence-corrected chi connectivity index (χ2v) is 6.47. The summed E-state index contributed by atoms with van der Waals surface area (Å²) in [5.74, 6) is -0.312. The molecule has 0 aromatic rings. The molecule has 0 unspecified atom stereocenters. The molecule has 0 amide bonds. The molecule has 0 aliphatic heterocycles. The number of esters is 1. The second-order valence-electron chi connectivity index (χ2n) is 6.47. The number of carbonyl (C=O) groups is 2. The Kier molecular flexibility index (Phi) is 128.